The van der Waals surface area contributed by atoms with E-state index < -0.39 is 5.91 Å². The fourth-order valence-corrected chi connectivity index (χ4v) is 2.29. The Hall–Kier alpha value is -1.40. The Balaban J connectivity index is 2.49. The summed E-state index contributed by atoms with van der Waals surface area (Å²) in [6, 6.07) is 13.7. The summed E-state index contributed by atoms with van der Waals surface area (Å²) in [6.07, 6.45) is 0. The van der Waals surface area contributed by atoms with Crippen molar-refractivity contribution in [2.75, 3.05) is 7.11 Å². The highest BCUT2D eigenvalue weighted by Crippen LogP contribution is 2.26. The molecule has 0 fully saturated rings. The minimum Gasteiger partial charge on any atom is -0.380 e. The lowest BCUT2D eigenvalue weighted by molar-refractivity contribution is 0.1000. The summed E-state index contributed by atoms with van der Waals surface area (Å²) in [6.45, 7) is 0.447. The summed E-state index contributed by atoms with van der Waals surface area (Å²) in [5.74, 6) is -0.425. The third-order valence-electron chi connectivity index (χ3n) is 2.84. The van der Waals surface area contributed by atoms with Crippen LogP contribution in [0, 0.1) is 3.57 Å². The molecule has 0 aromatic heterocycles. The Morgan fingerprint density at radius 3 is 2.47 bits per heavy atom. The smallest absolute Gasteiger partial charge is 0.248 e. The largest absolute Gasteiger partial charge is 0.380 e. The topological polar surface area (TPSA) is 52.3 Å². The number of benzene rings is 2. The molecular weight excluding hydrogens is 353 g/mol. The Kier molecular flexibility index (Phi) is 4.55. The first-order chi connectivity index (χ1) is 9.11. The zero-order valence-corrected chi connectivity index (χ0v) is 12.7. The molecule has 0 bridgehead atoms. The van der Waals surface area contributed by atoms with Gasteiger partial charge in [-0.1, -0.05) is 18.2 Å². The van der Waals surface area contributed by atoms with E-state index in [1.165, 1.54) is 3.57 Å². The van der Waals surface area contributed by atoms with Gasteiger partial charge in [0.2, 0.25) is 5.91 Å². The van der Waals surface area contributed by atoms with E-state index in [1.807, 2.05) is 6.07 Å². The first-order valence-corrected chi connectivity index (χ1v) is 6.87. The fourth-order valence-electron chi connectivity index (χ4n) is 1.93. The van der Waals surface area contributed by atoms with E-state index in [0.717, 1.165) is 16.7 Å². The molecule has 2 aromatic rings. The zero-order chi connectivity index (χ0) is 13.8. The number of hydrogen-bond donors (Lipinski definition) is 1. The van der Waals surface area contributed by atoms with Crippen molar-refractivity contribution in [3.8, 4) is 11.1 Å². The van der Waals surface area contributed by atoms with Gasteiger partial charge in [-0.25, -0.2) is 0 Å². The van der Waals surface area contributed by atoms with Crippen molar-refractivity contribution in [1.29, 1.82) is 0 Å². The van der Waals surface area contributed by atoms with Gasteiger partial charge in [-0.3, -0.25) is 4.79 Å². The third-order valence-corrected chi connectivity index (χ3v) is 3.56. The number of methoxy groups -OCH3 is 1. The monoisotopic (exact) mass is 367 g/mol. The van der Waals surface area contributed by atoms with Crippen LogP contribution in [0.5, 0.6) is 0 Å². The summed E-state index contributed by atoms with van der Waals surface area (Å²) < 4.78 is 6.38. The Bertz CT molecular complexity index is 594. The van der Waals surface area contributed by atoms with Gasteiger partial charge < -0.3 is 10.5 Å². The van der Waals surface area contributed by atoms with E-state index in [2.05, 4.69) is 46.9 Å². The van der Waals surface area contributed by atoms with Crippen LogP contribution >= 0.6 is 22.6 Å². The summed E-state index contributed by atoms with van der Waals surface area (Å²) in [4.78, 5) is 11.2. The molecular formula is C15H14INO2. The molecule has 0 aliphatic carbocycles. The first-order valence-electron chi connectivity index (χ1n) is 5.79. The highest BCUT2D eigenvalue weighted by Gasteiger charge is 2.09. The van der Waals surface area contributed by atoms with Crippen molar-refractivity contribution in [1.82, 2.24) is 0 Å². The van der Waals surface area contributed by atoms with Crippen LogP contribution < -0.4 is 5.73 Å². The summed E-state index contributed by atoms with van der Waals surface area (Å²) >= 11 is 2.27. The molecule has 1 amide bonds. The van der Waals surface area contributed by atoms with E-state index in [9.17, 15) is 4.79 Å². The van der Waals surface area contributed by atoms with Gasteiger partial charge in [0, 0.05) is 16.2 Å². The fraction of sp³-hybridized carbons (Fsp3) is 0.133. The molecule has 0 aliphatic rings. The van der Waals surface area contributed by atoms with Crippen LogP contribution in [0.15, 0.2) is 42.5 Å². The highest BCUT2D eigenvalue weighted by atomic mass is 127. The number of rotatable bonds is 4. The van der Waals surface area contributed by atoms with Gasteiger partial charge in [0.25, 0.3) is 0 Å². The minimum absolute atomic E-state index is 0.425. The Labute approximate surface area is 125 Å². The van der Waals surface area contributed by atoms with Crippen LogP contribution in [0.1, 0.15) is 15.9 Å². The minimum atomic E-state index is -0.425. The second-order valence-electron chi connectivity index (χ2n) is 4.18. The maximum atomic E-state index is 11.2. The average molecular weight is 367 g/mol. The highest BCUT2D eigenvalue weighted by molar-refractivity contribution is 14.1. The number of halogens is 1. The van der Waals surface area contributed by atoms with Crippen molar-refractivity contribution < 1.29 is 9.53 Å². The predicted octanol–water partition coefficient (Wildman–Crippen LogP) is 3.20. The number of amides is 1. The molecule has 2 rings (SSSR count). The van der Waals surface area contributed by atoms with Crippen LogP contribution in [-0.2, 0) is 11.3 Å². The lowest BCUT2D eigenvalue weighted by Crippen LogP contribution is -2.11. The van der Waals surface area contributed by atoms with Gasteiger partial charge in [0.15, 0.2) is 0 Å². The summed E-state index contributed by atoms with van der Waals surface area (Å²) in [5, 5.41) is 0. The molecule has 0 saturated carbocycles. The van der Waals surface area contributed by atoms with Gasteiger partial charge in [-0.2, -0.15) is 0 Å². The quantitative estimate of drug-likeness (QED) is 0.844. The van der Waals surface area contributed by atoms with Gasteiger partial charge in [-0.05, 0) is 63.5 Å². The molecule has 0 spiro atoms. The van der Waals surface area contributed by atoms with Crippen molar-refractivity contribution in [3.63, 3.8) is 0 Å². The summed E-state index contributed by atoms with van der Waals surface area (Å²) in [5.41, 5.74) is 8.93. The average Bonchev–Trinajstić information content (AvgIpc) is 2.40. The second kappa shape index (κ2) is 6.16. The van der Waals surface area contributed by atoms with Gasteiger partial charge >= 0.3 is 0 Å². The van der Waals surface area contributed by atoms with Crippen molar-refractivity contribution in [2.45, 2.75) is 6.61 Å². The van der Waals surface area contributed by atoms with E-state index in [-0.39, 0.29) is 0 Å². The first kappa shape index (κ1) is 14.0. The van der Waals surface area contributed by atoms with E-state index in [1.54, 1.807) is 19.2 Å². The molecule has 0 atom stereocenters. The van der Waals surface area contributed by atoms with Crippen molar-refractivity contribution >= 4 is 28.5 Å². The molecule has 0 saturated heterocycles. The predicted molar refractivity (Wildman–Crippen MR) is 83.8 cm³/mol. The van der Waals surface area contributed by atoms with Crippen LogP contribution in [0.4, 0.5) is 0 Å². The number of carbonyl (C=O) groups is 1. The van der Waals surface area contributed by atoms with E-state index in [4.69, 9.17) is 10.5 Å². The van der Waals surface area contributed by atoms with E-state index >= 15 is 0 Å². The normalized spacial score (nSPS) is 10.4. The molecule has 0 unspecified atom stereocenters. The maximum Gasteiger partial charge on any atom is 0.248 e. The molecule has 2 N–H and O–H groups in total. The van der Waals surface area contributed by atoms with E-state index in [0.29, 0.717) is 12.2 Å². The number of nitrogens with two attached hydrogens (primary N) is 1. The number of carbonyl (C=O) groups excluding carboxylic acids is 1. The molecule has 4 heteroatoms. The standard InChI is InChI=1S/C15H14INO2/c1-19-9-12-8-11(15(17)18)4-7-14(12)10-2-5-13(16)6-3-10/h2-8H,9H2,1H3,(H2,17,18). The molecule has 0 heterocycles. The van der Waals surface area contributed by atoms with Crippen LogP contribution in [0.2, 0.25) is 0 Å². The Morgan fingerprint density at radius 1 is 1.21 bits per heavy atom. The molecule has 0 aliphatic heterocycles. The molecule has 0 radical (unpaired) electrons. The second-order valence-corrected chi connectivity index (χ2v) is 5.42. The lowest BCUT2D eigenvalue weighted by atomic mass is 9.98. The van der Waals surface area contributed by atoms with Crippen LogP contribution in [0.25, 0.3) is 11.1 Å². The number of hydrogen-bond acceptors (Lipinski definition) is 2. The SMILES string of the molecule is COCc1cc(C(N)=O)ccc1-c1ccc(I)cc1. The third kappa shape index (κ3) is 3.33. The van der Waals surface area contributed by atoms with Crippen LogP contribution in [-0.4, -0.2) is 13.0 Å². The van der Waals surface area contributed by atoms with Gasteiger partial charge in [-0.15, -0.1) is 0 Å². The molecule has 2 aromatic carbocycles. The van der Waals surface area contributed by atoms with Gasteiger partial charge in [0.1, 0.15) is 0 Å². The molecule has 98 valence electrons. The summed E-state index contributed by atoms with van der Waals surface area (Å²) in [7, 11) is 1.63. The Morgan fingerprint density at radius 2 is 1.89 bits per heavy atom. The van der Waals surface area contributed by atoms with Crippen LogP contribution in [0.3, 0.4) is 0 Å². The van der Waals surface area contributed by atoms with Gasteiger partial charge in [0.05, 0.1) is 6.61 Å². The molecule has 3 nitrogen and oxygen atoms in total. The van der Waals surface area contributed by atoms with Crippen molar-refractivity contribution in [2.24, 2.45) is 5.73 Å². The van der Waals surface area contributed by atoms with Crippen molar-refractivity contribution in [3.05, 3.63) is 57.2 Å². The molecule has 19 heavy (non-hydrogen) atoms. The maximum absolute atomic E-state index is 11.2. The lowest BCUT2D eigenvalue weighted by Gasteiger charge is -2.10. The number of primary amides is 1. The zero-order valence-electron chi connectivity index (χ0n) is 10.5. The number of ether oxygens (including phenoxy) is 1.